The summed E-state index contributed by atoms with van der Waals surface area (Å²) in [6, 6.07) is 0. The SMILES string of the molecule is C=C(C)Cn1c(SCCC)nc2sc3c(c2c1=O)CCCC3. The number of hydrogen-bond donors (Lipinski definition) is 0. The molecule has 5 heteroatoms. The number of hydrogen-bond acceptors (Lipinski definition) is 4. The number of allylic oxidation sites excluding steroid dienone is 1. The highest BCUT2D eigenvalue weighted by Crippen LogP contribution is 2.34. The second-order valence-corrected chi connectivity index (χ2v) is 8.13. The summed E-state index contributed by atoms with van der Waals surface area (Å²) in [6.45, 7) is 8.66. The monoisotopic (exact) mass is 334 g/mol. The smallest absolute Gasteiger partial charge is 0.263 e. The van der Waals surface area contributed by atoms with Gasteiger partial charge in [0.2, 0.25) is 0 Å². The predicted molar refractivity (Wildman–Crippen MR) is 96.4 cm³/mol. The van der Waals surface area contributed by atoms with Gasteiger partial charge in [-0.25, -0.2) is 4.98 Å². The number of rotatable bonds is 5. The van der Waals surface area contributed by atoms with Crippen LogP contribution in [0.5, 0.6) is 0 Å². The molecule has 0 saturated carbocycles. The lowest BCUT2D eigenvalue weighted by Gasteiger charge is -2.13. The van der Waals surface area contributed by atoms with Crippen LogP contribution in [0.4, 0.5) is 0 Å². The third-order valence-electron chi connectivity index (χ3n) is 3.90. The minimum absolute atomic E-state index is 0.131. The van der Waals surface area contributed by atoms with E-state index in [0.717, 1.165) is 46.0 Å². The van der Waals surface area contributed by atoms with Crippen molar-refractivity contribution in [3.8, 4) is 0 Å². The third kappa shape index (κ3) is 2.88. The number of nitrogens with zero attached hydrogens (tertiary/aromatic N) is 2. The van der Waals surface area contributed by atoms with E-state index in [1.165, 1.54) is 23.3 Å². The number of fused-ring (bicyclic) bond motifs is 3. The van der Waals surface area contributed by atoms with Crippen molar-refractivity contribution in [1.82, 2.24) is 9.55 Å². The highest BCUT2D eigenvalue weighted by Gasteiger charge is 2.22. The van der Waals surface area contributed by atoms with Gasteiger partial charge in [-0.1, -0.05) is 30.8 Å². The lowest BCUT2D eigenvalue weighted by Crippen LogP contribution is -2.24. The molecule has 2 aromatic rings. The summed E-state index contributed by atoms with van der Waals surface area (Å²) in [7, 11) is 0. The van der Waals surface area contributed by atoms with Crippen LogP contribution in [0.15, 0.2) is 22.1 Å². The first-order valence-corrected chi connectivity index (χ1v) is 9.74. The summed E-state index contributed by atoms with van der Waals surface area (Å²) in [5.74, 6) is 0.985. The maximum absolute atomic E-state index is 13.1. The van der Waals surface area contributed by atoms with Gasteiger partial charge in [-0.3, -0.25) is 9.36 Å². The molecule has 0 unspecified atom stereocenters. The van der Waals surface area contributed by atoms with E-state index in [0.29, 0.717) is 6.54 Å². The molecule has 0 fully saturated rings. The van der Waals surface area contributed by atoms with Gasteiger partial charge in [-0.15, -0.1) is 11.3 Å². The Kier molecular flexibility index (Phi) is 4.73. The predicted octanol–water partition coefficient (Wildman–Crippen LogP) is 4.42. The first-order valence-electron chi connectivity index (χ1n) is 7.94. The van der Waals surface area contributed by atoms with Crippen LogP contribution in [0, 0.1) is 0 Å². The highest BCUT2D eigenvalue weighted by molar-refractivity contribution is 7.99. The molecule has 0 atom stereocenters. The van der Waals surface area contributed by atoms with Crippen molar-refractivity contribution in [2.24, 2.45) is 0 Å². The molecule has 1 aliphatic carbocycles. The molecular formula is C17H22N2OS2. The molecule has 22 heavy (non-hydrogen) atoms. The Bertz CT molecular complexity index is 773. The van der Waals surface area contributed by atoms with E-state index in [-0.39, 0.29) is 5.56 Å². The van der Waals surface area contributed by atoms with Crippen LogP contribution in [-0.2, 0) is 19.4 Å². The van der Waals surface area contributed by atoms with Crippen molar-refractivity contribution in [2.45, 2.75) is 57.7 Å². The molecule has 3 rings (SSSR count). The van der Waals surface area contributed by atoms with Crippen molar-refractivity contribution >= 4 is 33.3 Å². The molecule has 0 spiro atoms. The van der Waals surface area contributed by atoms with Gasteiger partial charge in [0.15, 0.2) is 5.16 Å². The van der Waals surface area contributed by atoms with E-state index in [1.54, 1.807) is 23.1 Å². The Morgan fingerprint density at radius 1 is 1.41 bits per heavy atom. The van der Waals surface area contributed by atoms with Crippen LogP contribution in [-0.4, -0.2) is 15.3 Å². The first kappa shape index (κ1) is 15.8. The van der Waals surface area contributed by atoms with E-state index >= 15 is 0 Å². The van der Waals surface area contributed by atoms with Gasteiger partial charge < -0.3 is 0 Å². The van der Waals surface area contributed by atoms with Crippen LogP contribution in [0.1, 0.15) is 43.6 Å². The van der Waals surface area contributed by atoms with Crippen molar-refractivity contribution < 1.29 is 0 Å². The lowest BCUT2D eigenvalue weighted by atomic mass is 9.97. The van der Waals surface area contributed by atoms with Crippen molar-refractivity contribution in [2.75, 3.05) is 5.75 Å². The van der Waals surface area contributed by atoms with E-state index in [1.807, 2.05) is 11.5 Å². The zero-order chi connectivity index (χ0) is 15.7. The first-order chi connectivity index (χ1) is 10.6. The molecule has 0 aliphatic heterocycles. The van der Waals surface area contributed by atoms with Crippen molar-refractivity contribution in [1.29, 1.82) is 0 Å². The maximum atomic E-state index is 13.1. The van der Waals surface area contributed by atoms with Gasteiger partial charge in [0.1, 0.15) is 4.83 Å². The molecule has 0 N–H and O–H groups in total. The van der Waals surface area contributed by atoms with Crippen LogP contribution >= 0.6 is 23.1 Å². The fourth-order valence-corrected chi connectivity index (χ4v) is 5.09. The van der Waals surface area contributed by atoms with Crippen LogP contribution < -0.4 is 5.56 Å². The largest absolute Gasteiger partial charge is 0.283 e. The van der Waals surface area contributed by atoms with Gasteiger partial charge in [0, 0.05) is 17.2 Å². The zero-order valence-electron chi connectivity index (χ0n) is 13.3. The Labute approximate surface area is 139 Å². The molecule has 0 amide bonds. The molecular weight excluding hydrogens is 312 g/mol. The normalized spacial score (nSPS) is 14.3. The Hall–Kier alpha value is -1.07. The minimum atomic E-state index is 0.131. The molecule has 0 radical (unpaired) electrons. The average Bonchev–Trinajstić information content (AvgIpc) is 2.86. The minimum Gasteiger partial charge on any atom is -0.283 e. The number of aromatic nitrogens is 2. The van der Waals surface area contributed by atoms with Gasteiger partial charge in [0.25, 0.3) is 5.56 Å². The number of thioether (sulfide) groups is 1. The van der Waals surface area contributed by atoms with E-state index < -0.39 is 0 Å². The van der Waals surface area contributed by atoms with Crippen molar-refractivity contribution in [3.63, 3.8) is 0 Å². The average molecular weight is 335 g/mol. The molecule has 1 aliphatic rings. The number of thiophene rings is 1. The summed E-state index contributed by atoms with van der Waals surface area (Å²) >= 11 is 3.41. The summed E-state index contributed by atoms with van der Waals surface area (Å²) in [5, 5.41) is 1.72. The van der Waals surface area contributed by atoms with Crippen LogP contribution in [0.2, 0.25) is 0 Å². The van der Waals surface area contributed by atoms with Crippen molar-refractivity contribution in [3.05, 3.63) is 32.9 Å². The molecule has 2 heterocycles. The molecule has 118 valence electrons. The molecule has 0 bridgehead atoms. The highest BCUT2D eigenvalue weighted by atomic mass is 32.2. The molecule has 0 aromatic carbocycles. The quantitative estimate of drug-likeness (QED) is 0.461. The fourth-order valence-electron chi connectivity index (χ4n) is 2.93. The third-order valence-corrected chi connectivity index (χ3v) is 6.27. The molecule has 0 saturated heterocycles. The molecule has 2 aromatic heterocycles. The van der Waals surface area contributed by atoms with E-state index in [4.69, 9.17) is 4.98 Å². The second kappa shape index (κ2) is 6.59. The fraction of sp³-hybridized carbons (Fsp3) is 0.529. The molecule has 3 nitrogen and oxygen atoms in total. The summed E-state index contributed by atoms with van der Waals surface area (Å²) in [4.78, 5) is 20.2. The Morgan fingerprint density at radius 3 is 2.91 bits per heavy atom. The standard InChI is InChI=1S/C17H22N2OS2/c1-4-9-21-17-18-15-14(16(20)19(17)10-11(2)3)12-7-5-6-8-13(12)22-15/h2,4-10H2,1,3H3. The van der Waals surface area contributed by atoms with Crippen LogP contribution in [0.25, 0.3) is 10.2 Å². The van der Waals surface area contributed by atoms with Gasteiger partial charge in [-0.2, -0.15) is 0 Å². The summed E-state index contributed by atoms with van der Waals surface area (Å²) in [5.41, 5.74) is 2.39. The Balaban J connectivity index is 2.20. The van der Waals surface area contributed by atoms with Gasteiger partial charge in [0.05, 0.1) is 5.39 Å². The summed E-state index contributed by atoms with van der Waals surface area (Å²) < 4.78 is 1.83. The van der Waals surface area contributed by atoms with Crippen LogP contribution in [0.3, 0.4) is 0 Å². The Morgan fingerprint density at radius 2 is 2.18 bits per heavy atom. The maximum Gasteiger partial charge on any atom is 0.263 e. The zero-order valence-corrected chi connectivity index (χ0v) is 14.9. The van der Waals surface area contributed by atoms with E-state index in [2.05, 4.69) is 13.5 Å². The van der Waals surface area contributed by atoms with E-state index in [9.17, 15) is 4.79 Å². The number of aryl methyl sites for hydroxylation is 2. The second-order valence-electron chi connectivity index (χ2n) is 5.98. The van der Waals surface area contributed by atoms with Gasteiger partial charge >= 0.3 is 0 Å². The topological polar surface area (TPSA) is 34.9 Å². The van der Waals surface area contributed by atoms with Gasteiger partial charge in [-0.05, 0) is 44.6 Å². The summed E-state index contributed by atoms with van der Waals surface area (Å²) in [6.07, 6.45) is 5.63. The lowest BCUT2D eigenvalue weighted by molar-refractivity contribution is 0.649.